The van der Waals surface area contributed by atoms with Crippen LogP contribution >= 0.6 is 23.2 Å². The molecule has 1 atom stereocenters. The van der Waals surface area contributed by atoms with Crippen LogP contribution in [0.1, 0.15) is 33.9 Å². The number of sulfonamides is 1. The third-order valence-corrected chi connectivity index (χ3v) is 6.27. The van der Waals surface area contributed by atoms with Crippen molar-refractivity contribution >= 4 is 44.7 Å². The highest BCUT2D eigenvalue weighted by atomic mass is 35.5. The molecule has 3 aromatic rings. The van der Waals surface area contributed by atoms with Crippen molar-refractivity contribution in [2.24, 2.45) is 5.14 Å². The smallest absolute Gasteiger partial charge is 0.238 e. The van der Waals surface area contributed by atoms with E-state index >= 15 is 0 Å². The number of anilines is 1. The first-order valence-electron chi connectivity index (χ1n) is 9.08. The monoisotopic (exact) mass is 462 g/mol. The van der Waals surface area contributed by atoms with Gasteiger partial charge < -0.3 is 5.32 Å². The molecular weight excluding hydrogens is 443 g/mol. The van der Waals surface area contributed by atoms with Crippen molar-refractivity contribution < 1.29 is 13.2 Å². The largest absolute Gasteiger partial charge is 0.378 e. The highest BCUT2D eigenvalue weighted by molar-refractivity contribution is 7.89. The van der Waals surface area contributed by atoms with Crippen molar-refractivity contribution in [3.05, 3.63) is 93.5 Å². The fourth-order valence-electron chi connectivity index (χ4n) is 3.05. The lowest BCUT2D eigenvalue weighted by Crippen LogP contribution is -2.16. The van der Waals surface area contributed by atoms with E-state index in [1.165, 1.54) is 12.1 Å². The van der Waals surface area contributed by atoms with Gasteiger partial charge in [-0.3, -0.25) is 4.79 Å². The zero-order valence-electron chi connectivity index (χ0n) is 16.1. The molecular formula is C22H20Cl2N2O3S. The Balaban J connectivity index is 1.89. The number of carbonyl (C=O) groups excluding carboxylic acids is 1. The standard InChI is InChI=1S/C22H20Cl2N2O3S/c1-14-3-2-4-15(11-14)21(13-22(27)16-5-10-19(23)20(24)12-16)26-17-6-8-18(9-7-17)30(25,28)29/h2-12,21,26H,13H2,1H3,(H2,25,28,29). The van der Waals surface area contributed by atoms with Crippen LogP contribution in [0.5, 0.6) is 0 Å². The second-order valence-electron chi connectivity index (χ2n) is 6.94. The van der Waals surface area contributed by atoms with Crippen LogP contribution in [0.4, 0.5) is 5.69 Å². The number of benzene rings is 3. The Morgan fingerprint density at radius 3 is 2.30 bits per heavy atom. The topological polar surface area (TPSA) is 89.3 Å². The molecule has 0 heterocycles. The fourth-order valence-corrected chi connectivity index (χ4v) is 3.87. The molecule has 0 amide bonds. The molecule has 0 aromatic heterocycles. The molecule has 30 heavy (non-hydrogen) atoms. The first-order chi connectivity index (χ1) is 14.1. The van der Waals surface area contributed by atoms with Gasteiger partial charge in [-0.2, -0.15) is 0 Å². The van der Waals surface area contributed by atoms with Gasteiger partial charge in [0.2, 0.25) is 10.0 Å². The maximum absolute atomic E-state index is 12.9. The fraction of sp³-hybridized carbons (Fsp3) is 0.136. The van der Waals surface area contributed by atoms with Crippen molar-refractivity contribution in [3.63, 3.8) is 0 Å². The summed E-state index contributed by atoms with van der Waals surface area (Å²) in [6.07, 6.45) is 0.165. The second-order valence-corrected chi connectivity index (χ2v) is 9.31. The Morgan fingerprint density at radius 2 is 1.70 bits per heavy atom. The summed E-state index contributed by atoms with van der Waals surface area (Å²) in [5, 5.41) is 9.17. The number of Topliss-reactive ketones (excluding diaryl/α,β-unsaturated/α-hetero) is 1. The van der Waals surface area contributed by atoms with E-state index in [-0.39, 0.29) is 23.1 Å². The summed E-state index contributed by atoms with van der Waals surface area (Å²) in [6.45, 7) is 1.97. The molecule has 3 N–H and O–H groups in total. The SMILES string of the molecule is Cc1cccc(C(CC(=O)c2ccc(Cl)c(Cl)c2)Nc2ccc(S(N)(=O)=O)cc2)c1. The van der Waals surface area contributed by atoms with Crippen LogP contribution in [0.25, 0.3) is 0 Å². The first kappa shape index (κ1) is 22.3. The Hall–Kier alpha value is -2.38. The molecule has 3 aromatic carbocycles. The lowest BCUT2D eigenvalue weighted by Gasteiger charge is -2.21. The van der Waals surface area contributed by atoms with E-state index in [4.69, 9.17) is 28.3 Å². The molecule has 1 unspecified atom stereocenters. The number of hydrogen-bond acceptors (Lipinski definition) is 4. The second kappa shape index (κ2) is 9.18. The zero-order valence-corrected chi connectivity index (χ0v) is 18.4. The molecule has 156 valence electrons. The van der Waals surface area contributed by atoms with Crippen LogP contribution < -0.4 is 10.5 Å². The molecule has 5 nitrogen and oxygen atoms in total. The summed E-state index contributed by atoms with van der Waals surface area (Å²) in [4.78, 5) is 12.9. The molecule has 0 fully saturated rings. The summed E-state index contributed by atoms with van der Waals surface area (Å²) in [5.41, 5.74) is 3.12. The molecule has 8 heteroatoms. The minimum absolute atomic E-state index is 0.0204. The predicted octanol–water partition coefficient (Wildman–Crippen LogP) is 5.38. The average Bonchev–Trinajstić information content (AvgIpc) is 2.69. The summed E-state index contributed by atoms with van der Waals surface area (Å²) in [5.74, 6) is -0.103. The van der Waals surface area contributed by atoms with Gasteiger partial charge in [0.1, 0.15) is 0 Å². The van der Waals surface area contributed by atoms with Gasteiger partial charge in [-0.25, -0.2) is 13.6 Å². The van der Waals surface area contributed by atoms with E-state index in [1.54, 1.807) is 30.3 Å². The number of hydrogen-bond donors (Lipinski definition) is 2. The van der Waals surface area contributed by atoms with Crippen molar-refractivity contribution in [1.82, 2.24) is 0 Å². The van der Waals surface area contributed by atoms with Crippen molar-refractivity contribution in [1.29, 1.82) is 0 Å². The van der Waals surface area contributed by atoms with Gasteiger partial charge in [-0.15, -0.1) is 0 Å². The van der Waals surface area contributed by atoms with Gasteiger partial charge in [0.25, 0.3) is 0 Å². The molecule has 0 bridgehead atoms. The highest BCUT2D eigenvalue weighted by Gasteiger charge is 2.19. The Kier molecular flexibility index (Phi) is 6.83. The zero-order chi connectivity index (χ0) is 21.9. The molecule has 0 radical (unpaired) electrons. The predicted molar refractivity (Wildman–Crippen MR) is 121 cm³/mol. The number of carbonyl (C=O) groups is 1. The molecule has 3 rings (SSSR count). The molecule has 0 aliphatic heterocycles. The van der Waals surface area contributed by atoms with E-state index in [2.05, 4.69) is 5.32 Å². The summed E-state index contributed by atoms with van der Waals surface area (Å²) in [6, 6.07) is 18.4. The molecule has 0 spiro atoms. The average molecular weight is 463 g/mol. The van der Waals surface area contributed by atoms with Gasteiger partial charge in [0.15, 0.2) is 5.78 Å². The number of halogens is 2. The van der Waals surface area contributed by atoms with E-state index < -0.39 is 10.0 Å². The number of nitrogens with two attached hydrogens (primary N) is 1. The van der Waals surface area contributed by atoms with Crippen LogP contribution in [-0.4, -0.2) is 14.2 Å². The summed E-state index contributed by atoms with van der Waals surface area (Å²) < 4.78 is 22.9. The third kappa shape index (κ3) is 5.61. The lowest BCUT2D eigenvalue weighted by molar-refractivity contribution is 0.0976. The quantitative estimate of drug-likeness (QED) is 0.461. The van der Waals surface area contributed by atoms with Crippen LogP contribution in [0.3, 0.4) is 0 Å². The molecule has 0 saturated heterocycles. The molecule has 0 aliphatic rings. The van der Waals surface area contributed by atoms with Crippen molar-refractivity contribution in [2.45, 2.75) is 24.3 Å². The minimum atomic E-state index is -3.77. The van der Waals surface area contributed by atoms with Gasteiger partial charge in [0.05, 0.1) is 21.0 Å². The number of aryl methyl sites for hydroxylation is 1. The van der Waals surface area contributed by atoms with Crippen molar-refractivity contribution in [2.75, 3.05) is 5.32 Å². The number of nitrogens with one attached hydrogen (secondary N) is 1. The molecule has 0 aliphatic carbocycles. The van der Waals surface area contributed by atoms with E-state index in [0.29, 0.717) is 21.3 Å². The summed E-state index contributed by atoms with van der Waals surface area (Å²) in [7, 11) is -3.77. The maximum Gasteiger partial charge on any atom is 0.238 e. The number of rotatable bonds is 7. The maximum atomic E-state index is 12.9. The normalized spacial score (nSPS) is 12.4. The lowest BCUT2D eigenvalue weighted by atomic mass is 9.96. The minimum Gasteiger partial charge on any atom is -0.378 e. The van der Waals surface area contributed by atoms with Crippen LogP contribution in [0, 0.1) is 6.92 Å². The van der Waals surface area contributed by atoms with Gasteiger partial charge >= 0.3 is 0 Å². The van der Waals surface area contributed by atoms with E-state index in [1.807, 2.05) is 31.2 Å². The van der Waals surface area contributed by atoms with Gasteiger partial charge in [0, 0.05) is 17.7 Å². The van der Waals surface area contributed by atoms with Crippen molar-refractivity contribution in [3.8, 4) is 0 Å². The third-order valence-electron chi connectivity index (χ3n) is 4.60. The molecule has 0 saturated carbocycles. The Bertz CT molecular complexity index is 1180. The summed E-state index contributed by atoms with van der Waals surface area (Å²) >= 11 is 12.0. The van der Waals surface area contributed by atoms with Crippen LogP contribution in [0.2, 0.25) is 10.0 Å². The van der Waals surface area contributed by atoms with E-state index in [0.717, 1.165) is 11.1 Å². The number of primary sulfonamides is 1. The van der Waals surface area contributed by atoms with E-state index in [9.17, 15) is 13.2 Å². The van der Waals surface area contributed by atoms with Gasteiger partial charge in [-0.05, 0) is 55.0 Å². The van der Waals surface area contributed by atoms with Gasteiger partial charge in [-0.1, -0.05) is 53.0 Å². The first-order valence-corrected chi connectivity index (χ1v) is 11.4. The highest BCUT2D eigenvalue weighted by Crippen LogP contribution is 2.28. The van der Waals surface area contributed by atoms with Crippen LogP contribution in [-0.2, 0) is 10.0 Å². The Morgan fingerprint density at radius 1 is 1.00 bits per heavy atom. The van der Waals surface area contributed by atoms with Crippen LogP contribution in [0.15, 0.2) is 71.6 Å². The number of ketones is 1. The Labute approximate surface area is 185 Å².